The van der Waals surface area contributed by atoms with Crippen molar-refractivity contribution in [3.8, 4) is 0 Å². The molecule has 0 amide bonds. The largest absolute Gasteiger partial charge is 1.00 e. The molecule has 0 heterocycles. The molecule has 7 heteroatoms. The van der Waals surface area contributed by atoms with Crippen LogP contribution in [0.3, 0.4) is 0 Å². The predicted molar refractivity (Wildman–Crippen MR) is 87.4 cm³/mol. The number of unbranched alkanes of at least 4 members (excludes halogenated alkanes) is 9. The molecule has 0 radical (unpaired) electrons. The zero-order chi connectivity index (χ0) is 16.7. The molecular formula is C16H33NaO5S. The third-order valence-corrected chi connectivity index (χ3v) is 4.33. The molecule has 1 N–H and O–H groups in total. The first kappa shape index (κ1) is 26.1. The Bertz CT molecular complexity index is 335. The van der Waals surface area contributed by atoms with E-state index in [-0.39, 0.29) is 36.2 Å². The van der Waals surface area contributed by atoms with Crippen LogP contribution in [0.25, 0.3) is 0 Å². The molecule has 23 heavy (non-hydrogen) atoms. The molecule has 0 aromatic rings. The number of aliphatic hydroxyl groups excluding tert-OH is 1. The van der Waals surface area contributed by atoms with Crippen LogP contribution in [-0.2, 0) is 14.6 Å². The average molecular weight is 360 g/mol. The van der Waals surface area contributed by atoms with E-state index in [1.165, 1.54) is 38.5 Å². The second-order valence-electron chi connectivity index (χ2n) is 5.96. The molecular weight excluding hydrogens is 327 g/mol. The fraction of sp³-hybridized carbons (Fsp3) is 1.00. The molecule has 0 aromatic heterocycles. The molecule has 5 nitrogen and oxygen atoms in total. The van der Waals surface area contributed by atoms with E-state index in [4.69, 9.17) is 5.11 Å². The van der Waals surface area contributed by atoms with Gasteiger partial charge in [-0.05, 0) is 25.7 Å². The number of hydrogen-bond acceptors (Lipinski definition) is 5. The molecule has 0 rings (SSSR count). The molecule has 0 saturated heterocycles. The molecule has 0 spiro atoms. The van der Waals surface area contributed by atoms with Crippen LogP contribution < -0.4 is 29.6 Å². The van der Waals surface area contributed by atoms with E-state index in [1.807, 2.05) is 0 Å². The van der Waals surface area contributed by atoms with Gasteiger partial charge in [0.05, 0.1) is 6.10 Å². The van der Waals surface area contributed by atoms with Gasteiger partial charge in [0.25, 0.3) is 0 Å². The smallest absolute Gasteiger partial charge is 0.726 e. The third-order valence-electron chi connectivity index (χ3n) is 3.82. The Morgan fingerprint density at radius 1 is 0.870 bits per heavy atom. The van der Waals surface area contributed by atoms with Crippen LogP contribution in [0.1, 0.15) is 90.4 Å². The maximum Gasteiger partial charge on any atom is 1.00 e. The van der Waals surface area contributed by atoms with Crippen molar-refractivity contribution >= 4 is 10.4 Å². The van der Waals surface area contributed by atoms with Gasteiger partial charge in [-0.3, -0.25) is 4.18 Å². The van der Waals surface area contributed by atoms with Crippen molar-refractivity contribution in [3.05, 3.63) is 0 Å². The first-order chi connectivity index (χ1) is 10.5. The minimum absolute atomic E-state index is 0. The van der Waals surface area contributed by atoms with Crippen molar-refractivity contribution in [2.75, 3.05) is 6.61 Å². The quantitative estimate of drug-likeness (QED) is 0.191. The molecule has 0 aromatic carbocycles. The van der Waals surface area contributed by atoms with Crippen molar-refractivity contribution in [1.82, 2.24) is 0 Å². The van der Waals surface area contributed by atoms with E-state index < -0.39 is 16.5 Å². The molecule has 0 aliphatic heterocycles. The summed E-state index contributed by atoms with van der Waals surface area (Å²) in [5.41, 5.74) is 0. The summed E-state index contributed by atoms with van der Waals surface area (Å²) in [5.74, 6) is 0. The summed E-state index contributed by atoms with van der Waals surface area (Å²) in [5, 5.41) is 8.74. The maximum absolute atomic E-state index is 10.7. The van der Waals surface area contributed by atoms with Crippen molar-refractivity contribution in [2.24, 2.45) is 0 Å². The zero-order valence-corrected chi connectivity index (χ0v) is 17.8. The molecule has 0 fully saturated rings. The standard InChI is InChI=1S/C16H34O5S.Na/c1-2-3-4-5-6-7-8-9-10-13-16(14-11-12-15-17)21-22(18,19)20;/h16-17H,2-15H2,1H3,(H,18,19,20);/q;+1/p-1. The Labute approximate surface area is 164 Å². The Morgan fingerprint density at radius 3 is 1.74 bits per heavy atom. The van der Waals surface area contributed by atoms with Crippen LogP contribution in [0, 0.1) is 0 Å². The molecule has 0 aliphatic carbocycles. The summed E-state index contributed by atoms with van der Waals surface area (Å²) in [7, 11) is -4.63. The van der Waals surface area contributed by atoms with Gasteiger partial charge in [0, 0.05) is 6.61 Å². The maximum atomic E-state index is 10.7. The predicted octanol–water partition coefficient (Wildman–Crippen LogP) is 0.919. The van der Waals surface area contributed by atoms with Gasteiger partial charge in [-0.15, -0.1) is 0 Å². The fourth-order valence-corrected chi connectivity index (χ4v) is 3.10. The molecule has 0 aliphatic rings. The van der Waals surface area contributed by atoms with E-state index in [0.29, 0.717) is 25.7 Å². The number of hydrogen-bond donors (Lipinski definition) is 1. The summed E-state index contributed by atoms with van der Waals surface area (Å²) in [6.45, 7) is 2.29. The SMILES string of the molecule is CCCCCCCCCCCC(CCCCO)OS(=O)(=O)[O-].[Na+]. The van der Waals surface area contributed by atoms with Gasteiger partial charge in [0.15, 0.2) is 0 Å². The Morgan fingerprint density at radius 2 is 1.30 bits per heavy atom. The molecule has 0 bridgehead atoms. The number of rotatable bonds is 16. The Kier molecular flexibility index (Phi) is 20.0. The van der Waals surface area contributed by atoms with Crippen molar-refractivity contribution in [2.45, 2.75) is 96.5 Å². The summed E-state index contributed by atoms with van der Waals surface area (Å²) < 4.78 is 36.7. The van der Waals surface area contributed by atoms with Gasteiger partial charge in [-0.1, -0.05) is 64.7 Å². The van der Waals surface area contributed by atoms with E-state index in [9.17, 15) is 13.0 Å². The summed E-state index contributed by atoms with van der Waals surface area (Å²) >= 11 is 0. The van der Waals surface area contributed by atoms with E-state index in [2.05, 4.69) is 11.1 Å². The van der Waals surface area contributed by atoms with Crippen LogP contribution in [-0.4, -0.2) is 30.8 Å². The zero-order valence-electron chi connectivity index (χ0n) is 15.0. The first-order valence-electron chi connectivity index (χ1n) is 8.74. The van der Waals surface area contributed by atoms with Gasteiger partial charge in [0.2, 0.25) is 10.4 Å². The second-order valence-corrected chi connectivity index (χ2v) is 6.97. The summed E-state index contributed by atoms with van der Waals surface area (Å²) in [6, 6.07) is 0. The van der Waals surface area contributed by atoms with Crippen molar-refractivity contribution < 1.29 is 51.8 Å². The van der Waals surface area contributed by atoms with Gasteiger partial charge in [-0.25, -0.2) is 8.42 Å². The van der Waals surface area contributed by atoms with Gasteiger partial charge < -0.3 is 9.66 Å². The van der Waals surface area contributed by atoms with Crippen molar-refractivity contribution in [1.29, 1.82) is 0 Å². The third kappa shape index (κ3) is 20.8. The van der Waals surface area contributed by atoms with Crippen LogP contribution in [0.15, 0.2) is 0 Å². The fourth-order valence-electron chi connectivity index (χ4n) is 2.57. The van der Waals surface area contributed by atoms with E-state index in [0.717, 1.165) is 19.3 Å². The van der Waals surface area contributed by atoms with Crippen molar-refractivity contribution in [3.63, 3.8) is 0 Å². The first-order valence-corrected chi connectivity index (χ1v) is 10.1. The van der Waals surface area contributed by atoms with Gasteiger partial charge >= 0.3 is 29.6 Å². The average Bonchev–Trinajstić information content (AvgIpc) is 2.44. The molecule has 1 atom stereocenters. The molecule has 1 unspecified atom stereocenters. The van der Waals surface area contributed by atoms with Crippen LogP contribution in [0.4, 0.5) is 0 Å². The van der Waals surface area contributed by atoms with Crippen LogP contribution in [0.5, 0.6) is 0 Å². The van der Waals surface area contributed by atoms with Crippen LogP contribution in [0.2, 0.25) is 0 Å². The Hall–Kier alpha value is 0.830. The molecule has 134 valence electrons. The summed E-state index contributed by atoms with van der Waals surface area (Å²) in [6.07, 6.45) is 12.6. The normalized spacial score (nSPS) is 12.8. The van der Waals surface area contributed by atoms with Crippen LogP contribution >= 0.6 is 0 Å². The second kappa shape index (κ2) is 17.6. The Balaban J connectivity index is 0. The van der Waals surface area contributed by atoms with E-state index >= 15 is 0 Å². The van der Waals surface area contributed by atoms with Gasteiger partial charge in [-0.2, -0.15) is 0 Å². The topological polar surface area (TPSA) is 86.7 Å². The number of aliphatic hydroxyl groups is 1. The van der Waals surface area contributed by atoms with Gasteiger partial charge in [0.1, 0.15) is 0 Å². The monoisotopic (exact) mass is 360 g/mol. The minimum atomic E-state index is -4.63. The van der Waals surface area contributed by atoms with E-state index in [1.54, 1.807) is 0 Å². The molecule has 0 saturated carbocycles. The summed E-state index contributed by atoms with van der Waals surface area (Å²) in [4.78, 5) is 0. The minimum Gasteiger partial charge on any atom is -0.726 e.